The Bertz CT molecular complexity index is 370. The molecule has 21 heavy (non-hydrogen) atoms. The van der Waals surface area contributed by atoms with E-state index in [1.165, 1.54) is 81.0 Å². The van der Waals surface area contributed by atoms with Gasteiger partial charge in [-0.1, -0.05) is 76.8 Å². The fourth-order valence-electron chi connectivity index (χ4n) is 2.78. The van der Waals surface area contributed by atoms with Gasteiger partial charge in [-0.2, -0.15) is 0 Å². The van der Waals surface area contributed by atoms with Crippen LogP contribution >= 0.6 is 0 Å². The van der Waals surface area contributed by atoms with Gasteiger partial charge in [0.25, 0.3) is 0 Å². The fraction of sp³-hybridized carbons (Fsp3) is 0.700. The van der Waals surface area contributed by atoms with E-state index in [2.05, 4.69) is 44.3 Å². The molecule has 1 aromatic rings. The number of benzene rings is 1. The predicted molar refractivity (Wildman–Crippen MR) is 96.2 cm³/mol. The second-order valence-electron chi connectivity index (χ2n) is 6.36. The molecule has 0 bridgehead atoms. The van der Waals surface area contributed by atoms with Crippen molar-refractivity contribution >= 4 is 5.69 Å². The molecular formula is C20H35N. The highest BCUT2D eigenvalue weighted by Crippen LogP contribution is 2.18. The monoisotopic (exact) mass is 289 g/mol. The van der Waals surface area contributed by atoms with Crippen LogP contribution in [0.4, 0.5) is 5.69 Å². The zero-order valence-electron chi connectivity index (χ0n) is 14.5. The summed E-state index contributed by atoms with van der Waals surface area (Å²) in [6.07, 6.45) is 14.0. The third-order valence-corrected chi connectivity index (χ3v) is 4.45. The van der Waals surface area contributed by atoms with Crippen molar-refractivity contribution in [3.63, 3.8) is 0 Å². The van der Waals surface area contributed by atoms with Crippen LogP contribution in [0.5, 0.6) is 0 Å². The Balaban J connectivity index is 1.94. The molecule has 0 aromatic heterocycles. The molecule has 0 heterocycles. The Labute approximate surface area is 132 Å². The van der Waals surface area contributed by atoms with Gasteiger partial charge in [-0.3, -0.25) is 0 Å². The molecule has 0 radical (unpaired) electrons. The molecule has 1 nitrogen and oxygen atoms in total. The lowest BCUT2D eigenvalue weighted by Crippen LogP contribution is -2.03. The van der Waals surface area contributed by atoms with Gasteiger partial charge >= 0.3 is 0 Å². The highest BCUT2D eigenvalue weighted by Gasteiger charge is 1.99. The topological polar surface area (TPSA) is 12.0 Å². The molecule has 0 saturated heterocycles. The standard InChI is InChI=1S/C20H35N/c1-4-5-6-7-8-9-10-11-12-13-17-21-20-16-14-15-18(2)19(20)3/h14-16,21H,4-13,17H2,1-3H3. The zero-order chi connectivity index (χ0) is 15.3. The van der Waals surface area contributed by atoms with Gasteiger partial charge in [-0.15, -0.1) is 0 Å². The van der Waals surface area contributed by atoms with Crippen molar-refractivity contribution in [1.82, 2.24) is 0 Å². The lowest BCUT2D eigenvalue weighted by molar-refractivity contribution is 0.560. The Morgan fingerprint density at radius 2 is 1.33 bits per heavy atom. The van der Waals surface area contributed by atoms with Gasteiger partial charge in [0, 0.05) is 12.2 Å². The largest absolute Gasteiger partial charge is 0.385 e. The van der Waals surface area contributed by atoms with E-state index < -0.39 is 0 Å². The van der Waals surface area contributed by atoms with E-state index >= 15 is 0 Å². The summed E-state index contributed by atoms with van der Waals surface area (Å²) in [5.41, 5.74) is 4.08. The van der Waals surface area contributed by atoms with Crippen LogP contribution in [0.3, 0.4) is 0 Å². The maximum absolute atomic E-state index is 3.58. The van der Waals surface area contributed by atoms with Crippen molar-refractivity contribution in [2.24, 2.45) is 0 Å². The van der Waals surface area contributed by atoms with E-state index in [0.717, 1.165) is 6.54 Å². The van der Waals surface area contributed by atoms with Crippen molar-refractivity contribution in [2.75, 3.05) is 11.9 Å². The minimum absolute atomic E-state index is 1.11. The van der Waals surface area contributed by atoms with E-state index in [1.54, 1.807) is 0 Å². The quantitative estimate of drug-likeness (QED) is 0.425. The summed E-state index contributed by atoms with van der Waals surface area (Å²) in [5, 5.41) is 3.58. The first-order chi connectivity index (χ1) is 10.3. The Hall–Kier alpha value is -0.980. The molecule has 1 rings (SSSR count). The lowest BCUT2D eigenvalue weighted by Gasteiger charge is -2.11. The second-order valence-corrected chi connectivity index (χ2v) is 6.36. The average molecular weight is 290 g/mol. The van der Waals surface area contributed by atoms with Crippen molar-refractivity contribution in [1.29, 1.82) is 0 Å². The summed E-state index contributed by atoms with van der Waals surface area (Å²) in [6.45, 7) is 7.78. The molecular weight excluding hydrogens is 254 g/mol. The molecule has 1 aromatic carbocycles. The van der Waals surface area contributed by atoms with E-state index in [4.69, 9.17) is 0 Å². The predicted octanol–water partition coefficient (Wildman–Crippen LogP) is 6.64. The molecule has 0 saturated carbocycles. The van der Waals surface area contributed by atoms with Gasteiger partial charge < -0.3 is 5.32 Å². The van der Waals surface area contributed by atoms with Gasteiger partial charge in [-0.05, 0) is 37.5 Å². The summed E-state index contributed by atoms with van der Waals surface area (Å²) in [4.78, 5) is 0. The SMILES string of the molecule is CCCCCCCCCCCCNc1cccc(C)c1C. The lowest BCUT2D eigenvalue weighted by atomic mass is 10.1. The smallest absolute Gasteiger partial charge is 0.0372 e. The van der Waals surface area contributed by atoms with Crippen molar-refractivity contribution < 1.29 is 0 Å². The Morgan fingerprint density at radius 3 is 1.95 bits per heavy atom. The van der Waals surface area contributed by atoms with Gasteiger partial charge in [0.1, 0.15) is 0 Å². The average Bonchev–Trinajstić information content (AvgIpc) is 2.49. The van der Waals surface area contributed by atoms with Crippen molar-refractivity contribution in [3.8, 4) is 0 Å². The summed E-state index contributed by atoms with van der Waals surface area (Å²) >= 11 is 0. The van der Waals surface area contributed by atoms with Crippen LogP contribution in [0.2, 0.25) is 0 Å². The molecule has 0 aliphatic carbocycles. The molecule has 1 heteroatoms. The first kappa shape index (κ1) is 18.1. The summed E-state index contributed by atoms with van der Waals surface area (Å²) in [7, 11) is 0. The van der Waals surface area contributed by atoms with E-state index in [-0.39, 0.29) is 0 Å². The van der Waals surface area contributed by atoms with Gasteiger partial charge in [-0.25, -0.2) is 0 Å². The minimum Gasteiger partial charge on any atom is -0.385 e. The molecule has 0 spiro atoms. The molecule has 120 valence electrons. The number of rotatable bonds is 12. The third kappa shape index (κ3) is 8.14. The van der Waals surface area contributed by atoms with Crippen molar-refractivity contribution in [2.45, 2.75) is 85.0 Å². The zero-order valence-corrected chi connectivity index (χ0v) is 14.5. The fourth-order valence-corrected chi connectivity index (χ4v) is 2.78. The van der Waals surface area contributed by atoms with E-state index in [0.29, 0.717) is 0 Å². The van der Waals surface area contributed by atoms with E-state index in [1.807, 2.05) is 0 Å². The van der Waals surface area contributed by atoms with E-state index in [9.17, 15) is 0 Å². The number of hydrogen-bond donors (Lipinski definition) is 1. The number of nitrogens with one attached hydrogen (secondary N) is 1. The number of anilines is 1. The van der Waals surface area contributed by atoms with Crippen LogP contribution in [-0.4, -0.2) is 6.54 Å². The first-order valence-electron chi connectivity index (χ1n) is 9.05. The number of unbranched alkanes of at least 4 members (excludes halogenated alkanes) is 9. The summed E-state index contributed by atoms with van der Waals surface area (Å²) < 4.78 is 0. The van der Waals surface area contributed by atoms with Crippen LogP contribution in [-0.2, 0) is 0 Å². The van der Waals surface area contributed by atoms with Crippen LogP contribution < -0.4 is 5.32 Å². The van der Waals surface area contributed by atoms with Crippen molar-refractivity contribution in [3.05, 3.63) is 29.3 Å². The minimum atomic E-state index is 1.11. The highest BCUT2D eigenvalue weighted by molar-refractivity contribution is 5.53. The molecule has 0 amide bonds. The highest BCUT2D eigenvalue weighted by atomic mass is 14.9. The maximum atomic E-state index is 3.58. The summed E-state index contributed by atoms with van der Waals surface area (Å²) in [5.74, 6) is 0. The van der Waals surface area contributed by atoms with Crippen LogP contribution in [0.15, 0.2) is 18.2 Å². The van der Waals surface area contributed by atoms with Gasteiger partial charge in [0.2, 0.25) is 0 Å². The van der Waals surface area contributed by atoms with Crippen LogP contribution in [0, 0.1) is 13.8 Å². The van der Waals surface area contributed by atoms with Crippen LogP contribution in [0.1, 0.15) is 82.3 Å². The molecule has 0 aliphatic heterocycles. The molecule has 0 aliphatic rings. The van der Waals surface area contributed by atoms with Crippen LogP contribution in [0.25, 0.3) is 0 Å². The summed E-state index contributed by atoms with van der Waals surface area (Å²) in [6, 6.07) is 6.52. The van der Waals surface area contributed by atoms with Gasteiger partial charge in [0.05, 0.1) is 0 Å². The Kier molecular flexibility index (Phi) is 10.0. The Morgan fingerprint density at radius 1 is 0.762 bits per heavy atom. The normalized spacial score (nSPS) is 10.8. The molecule has 0 unspecified atom stereocenters. The molecule has 0 atom stereocenters. The first-order valence-corrected chi connectivity index (χ1v) is 9.05. The maximum Gasteiger partial charge on any atom is 0.0372 e. The number of hydrogen-bond acceptors (Lipinski definition) is 1. The molecule has 0 fully saturated rings. The molecule has 1 N–H and O–H groups in total. The third-order valence-electron chi connectivity index (χ3n) is 4.45. The number of aryl methyl sites for hydroxylation is 1. The second kappa shape index (κ2) is 11.7. The van der Waals surface area contributed by atoms with Gasteiger partial charge in [0.15, 0.2) is 0 Å².